The molecule has 0 saturated carbocycles. The van der Waals surface area contributed by atoms with Crippen LogP contribution in [0.5, 0.6) is 17.2 Å². The third kappa shape index (κ3) is 4.71. The molecule has 0 atom stereocenters. The summed E-state index contributed by atoms with van der Waals surface area (Å²) < 4.78 is 15.9. The monoisotopic (exact) mass is 365 g/mol. The molecule has 1 heterocycles. The van der Waals surface area contributed by atoms with Crippen LogP contribution in [-0.4, -0.2) is 75.7 Å². The van der Waals surface area contributed by atoms with E-state index in [1.807, 2.05) is 0 Å². The average molecular weight is 365 g/mol. The van der Waals surface area contributed by atoms with Crippen molar-refractivity contribution < 1.29 is 23.8 Å². The Bertz CT molecular complexity index is 617. The summed E-state index contributed by atoms with van der Waals surface area (Å²) in [7, 11) is 4.68. The number of benzene rings is 1. The molecule has 1 aliphatic heterocycles. The highest BCUT2D eigenvalue weighted by Crippen LogP contribution is 2.39. The van der Waals surface area contributed by atoms with Crippen LogP contribution in [0, 0.1) is 0 Å². The van der Waals surface area contributed by atoms with Gasteiger partial charge in [0.05, 0.1) is 21.3 Å². The van der Waals surface area contributed by atoms with Gasteiger partial charge in [-0.25, -0.2) is 0 Å². The van der Waals surface area contributed by atoms with E-state index >= 15 is 0 Å². The van der Waals surface area contributed by atoms with Crippen LogP contribution in [0.15, 0.2) is 12.1 Å². The van der Waals surface area contributed by atoms with Crippen LogP contribution in [0.25, 0.3) is 0 Å². The molecule has 1 N–H and O–H groups in total. The van der Waals surface area contributed by atoms with Crippen LogP contribution in [0.2, 0.25) is 0 Å². The van der Waals surface area contributed by atoms with E-state index in [4.69, 9.17) is 14.2 Å². The van der Waals surface area contributed by atoms with E-state index in [1.54, 1.807) is 50.2 Å². The summed E-state index contributed by atoms with van der Waals surface area (Å²) in [5.74, 6) is 1.77. The number of amides is 2. The second-order valence-corrected chi connectivity index (χ2v) is 5.98. The normalized spacial score (nSPS) is 14.0. The Balaban J connectivity index is 1.87. The summed E-state index contributed by atoms with van der Waals surface area (Å²) in [6.45, 7) is 4.41. The molecule has 8 heteroatoms. The Morgan fingerprint density at radius 2 is 1.50 bits per heavy atom. The molecule has 2 rings (SSSR count). The van der Waals surface area contributed by atoms with Gasteiger partial charge < -0.3 is 29.3 Å². The highest BCUT2D eigenvalue weighted by molar-refractivity contribution is 5.78. The van der Waals surface area contributed by atoms with E-state index in [-0.39, 0.29) is 11.8 Å². The van der Waals surface area contributed by atoms with Gasteiger partial charge in [0, 0.05) is 63.9 Å². The van der Waals surface area contributed by atoms with Crippen LogP contribution in [0.4, 0.5) is 5.69 Å². The Morgan fingerprint density at radius 1 is 0.962 bits per heavy atom. The number of rotatable bonds is 7. The molecular weight excluding hydrogens is 338 g/mol. The van der Waals surface area contributed by atoms with E-state index in [9.17, 15) is 9.59 Å². The largest absolute Gasteiger partial charge is 0.493 e. The fourth-order valence-electron chi connectivity index (χ4n) is 2.93. The van der Waals surface area contributed by atoms with Crippen molar-refractivity contribution in [2.24, 2.45) is 0 Å². The highest BCUT2D eigenvalue weighted by atomic mass is 16.5. The van der Waals surface area contributed by atoms with Crippen LogP contribution >= 0.6 is 0 Å². The first-order chi connectivity index (χ1) is 12.5. The average Bonchev–Trinajstić information content (AvgIpc) is 2.66. The quantitative estimate of drug-likeness (QED) is 0.782. The van der Waals surface area contributed by atoms with Crippen molar-refractivity contribution in [3.8, 4) is 17.2 Å². The number of methoxy groups -OCH3 is 3. The molecule has 1 fully saturated rings. The van der Waals surface area contributed by atoms with Gasteiger partial charge in [0.2, 0.25) is 17.6 Å². The van der Waals surface area contributed by atoms with E-state index < -0.39 is 0 Å². The molecule has 0 radical (unpaired) electrons. The summed E-state index contributed by atoms with van der Waals surface area (Å²) >= 11 is 0. The molecule has 1 saturated heterocycles. The second-order valence-electron chi connectivity index (χ2n) is 5.98. The zero-order valence-electron chi connectivity index (χ0n) is 15.8. The van der Waals surface area contributed by atoms with Gasteiger partial charge in [-0.05, 0) is 0 Å². The van der Waals surface area contributed by atoms with Crippen molar-refractivity contribution in [3.05, 3.63) is 12.1 Å². The van der Waals surface area contributed by atoms with E-state index in [1.165, 1.54) is 0 Å². The van der Waals surface area contributed by atoms with Gasteiger partial charge in [0.15, 0.2) is 11.5 Å². The molecule has 8 nitrogen and oxygen atoms in total. The zero-order valence-corrected chi connectivity index (χ0v) is 15.8. The molecule has 1 aliphatic rings. The Morgan fingerprint density at radius 3 is 1.96 bits per heavy atom. The lowest BCUT2D eigenvalue weighted by Crippen LogP contribution is -2.50. The molecule has 144 valence electrons. The minimum absolute atomic E-state index is 0.0566. The number of nitrogens with one attached hydrogen (secondary N) is 1. The second kappa shape index (κ2) is 9.17. The summed E-state index contributed by atoms with van der Waals surface area (Å²) in [5.41, 5.74) is 0.786. The maximum atomic E-state index is 12.3. The van der Waals surface area contributed by atoms with Gasteiger partial charge in [-0.2, -0.15) is 0 Å². The zero-order chi connectivity index (χ0) is 19.1. The van der Waals surface area contributed by atoms with Crippen molar-refractivity contribution >= 4 is 17.5 Å². The lowest BCUT2D eigenvalue weighted by atomic mass is 10.2. The number of carbonyl (C=O) groups is 2. The van der Waals surface area contributed by atoms with Gasteiger partial charge in [-0.1, -0.05) is 0 Å². The molecule has 0 aromatic heterocycles. The van der Waals surface area contributed by atoms with Crippen molar-refractivity contribution in [2.45, 2.75) is 13.3 Å². The maximum Gasteiger partial charge on any atom is 0.224 e. The molecule has 1 aromatic carbocycles. The van der Waals surface area contributed by atoms with Gasteiger partial charge >= 0.3 is 0 Å². The van der Waals surface area contributed by atoms with Gasteiger partial charge in [-0.15, -0.1) is 0 Å². The maximum absolute atomic E-state index is 12.3. The van der Waals surface area contributed by atoms with Crippen LogP contribution in [0.1, 0.15) is 13.3 Å². The Hall–Kier alpha value is -2.64. The van der Waals surface area contributed by atoms with E-state index in [2.05, 4.69) is 5.32 Å². The highest BCUT2D eigenvalue weighted by Gasteiger charge is 2.22. The molecule has 0 unspecified atom stereocenters. The summed E-state index contributed by atoms with van der Waals surface area (Å²) in [6.07, 6.45) is 0.372. The molecule has 1 aromatic rings. The minimum Gasteiger partial charge on any atom is -0.493 e. The Kier molecular flexibility index (Phi) is 6.94. The van der Waals surface area contributed by atoms with Crippen molar-refractivity contribution in [1.82, 2.24) is 9.80 Å². The fraction of sp³-hybridized carbons (Fsp3) is 0.556. The number of nitrogens with zero attached hydrogens (tertiary/aromatic N) is 2. The minimum atomic E-state index is 0.0566. The topological polar surface area (TPSA) is 80.3 Å². The molecule has 0 aliphatic carbocycles. The number of hydrogen-bond acceptors (Lipinski definition) is 6. The van der Waals surface area contributed by atoms with Gasteiger partial charge in [-0.3, -0.25) is 9.59 Å². The van der Waals surface area contributed by atoms with E-state index in [0.29, 0.717) is 56.4 Å². The van der Waals surface area contributed by atoms with Crippen LogP contribution < -0.4 is 19.5 Å². The first kappa shape index (κ1) is 19.7. The smallest absolute Gasteiger partial charge is 0.224 e. The Labute approximate surface area is 154 Å². The number of carbonyl (C=O) groups excluding carboxylic acids is 2. The molecule has 26 heavy (non-hydrogen) atoms. The van der Waals surface area contributed by atoms with Crippen LogP contribution in [-0.2, 0) is 9.59 Å². The number of hydrogen-bond donors (Lipinski definition) is 1. The lowest BCUT2D eigenvalue weighted by Gasteiger charge is -2.34. The molecule has 2 amide bonds. The van der Waals surface area contributed by atoms with Gasteiger partial charge in [0.25, 0.3) is 0 Å². The summed E-state index contributed by atoms with van der Waals surface area (Å²) in [4.78, 5) is 27.2. The predicted molar refractivity (Wildman–Crippen MR) is 98.0 cm³/mol. The molecule has 0 bridgehead atoms. The predicted octanol–water partition coefficient (Wildman–Crippen LogP) is 1.21. The van der Waals surface area contributed by atoms with Crippen molar-refractivity contribution in [1.29, 1.82) is 0 Å². The van der Waals surface area contributed by atoms with E-state index in [0.717, 1.165) is 5.69 Å². The fourth-order valence-corrected chi connectivity index (χ4v) is 2.93. The van der Waals surface area contributed by atoms with Gasteiger partial charge in [0.1, 0.15) is 0 Å². The van der Waals surface area contributed by atoms with Crippen molar-refractivity contribution in [2.75, 3.05) is 59.4 Å². The first-order valence-electron chi connectivity index (χ1n) is 8.57. The SMILES string of the molecule is COc1cc(NCCC(=O)N2CCN(C(C)=O)CC2)cc(OC)c1OC. The molecule has 0 spiro atoms. The number of ether oxygens (including phenoxy) is 3. The number of piperazine rings is 1. The summed E-state index contributed by atoms with van der Waals surface area (Å²) in [6, 6.07) is 3.61. The summed E-state index contributed by atoms with van der Waals surface area (Å²) in [5, 5.41) is 3.21. The van der Waals surface area contributed by atoms with Crippen molar-refractivity contribution in [3.63, 3.8) is 0 Å². The molecular formula is C18H27N3O5. The third-order valence-electron chi connectivity index (χ3n) is 4.41. The third-order valence-corrected chi connectivity index (χ3v) is 4.41. The van der Waals surface area contributed by atoms with Crippen LogP contribution in [0.3, 0.4) is 0 Å². The number of anilines is 1. The lowest BCUT2D eigenvalue weighted by molar-refractivity contribution is -0.138. The first-order valence-corrected chi connectivity index (χ1v) is 8.57. The standard InChI is InChI=1S/C18H27N3O5/c1-13(22)20-7-9-21(10-8-20)17(23)5-6-19-14-11-15(24-2)18(26-4)16(12-14)25-3/h11-12,19H,5-10H2,1-4H3.